The lowest BCUT2D eigenvalue weighted by Crippen LogP contribution is -2.42. The van der Waals surface area contributed by atoms with Gasteiger partial charge in [0.1, 0.15) is 6.17 Å². The molecule has 0 aliphatic heterocycles. The van der Waals surface area contributed by atoms with Crippen molar-refractivity contribution in [2.75, 3.05) is 0 Å². The van der Waals surface area contributed by atoms with Gasteiger partial charge in [0.2, 0.25) is 12.8 Å². The van der Waals surface area contributed by atoms with Crippen molar-refractivity contribution in [1.29, 1.82) is 0 Å². The van der Waals surface area contributed by atoms with E-state index in [2.05, 4.69) is 10.6 Å². The van der Waals surface area contributed by atoms with Crippen LogP contribution in [0.25, 0.3) is 0 Å². The van der Waals surface area contributed by atoms with Gasteiger partial charge >= 0.3 is 5.97 Å². The summed E-state index contributed by atoms with van der Waals surface area (Å²) in [4.78, 5) is 29.7. The third-order valence-corrected chi connectivity index (χ3v) is 0.917. The van der Waals surface area contributed by atoms with Crippen LogP contribution in [0.2, 0.25) is 0 Å². The van der Waals surface area contributed by atoms with Crippen molar-refractivity contribution in [3.05, 3.63) is 0 Å². The molecule has 0 atom stereocenters. The molecule has 2 amide bonds. The molecule has 0 aromatic carbocycles. The van der Waals surface area contributed by atoms with Gasteiger partial charge in [-0.15, -0.1) is 0 Å². The standard InChI is InChI=1S/C5H8N2O4/c8-2-6-4(7-3-9)1-5(10)11/h2-4H,1H2,(H,6,8)(H,7,9)(H,10,11). The number of amides is 2. The number of hydrogen-bond acceptors (Lipinski definition) is 3. The van der Waals surface area contributed by atoms with Gasteiger partial charge in [-0.3, -0.25) is 14.4 Å². The molecule has 0 radical (unpaired) electrons. The van der Waals surface area contributed by atoms with Crippen molar-refractivity contribution < 1.29 is 19.5 Å². The predicted octanol–water partition coefficient (Wildman–Crippen LogP) is -1.72. The van der Waals surface area contributed by atoms with Crippen LogP contribution in [0.3, 0.4) is 0 Å². The molecule has 0 fully saturated rings. The van der Waals surface area contributed by atoms with Crippen molar-refractivity contribution in [2.24, 2.45) is 0 Å². The van der Waals surface area contributed by atoms with Crippen LogP contribution >= 0.6 is 0 Å². The average molecular weight is 160 g/mol. The van der Waals surface area contributed by atoms with Crippen LogP contribution in [0.1, 0.15) is 6.42 Å². The Labute approximate surface area is 62.6 Å². The third kappa shape index (κ3) is 4.89. The Bertz CT molecular complexity index is 149. The number of hydrogen-bond donors (Lipinski definition) is 3. The summed E-state index contributed by atoms with van der Waals surface area (Å²) in [6.45, 7) is 0. The van der Waals surface area contributed by atoms with E-state index < -0.39 is 12.1 Å². The van der Waals surface area contributed by atoms with Gasteiger partial charge in [-0.05, 0) is 0 Å². The minimum absolute atomic E-state index is 0.324. The van der Waals surface area contributed by atoms with Crippen molar-refractivity contribution in [3.8, 4) is 0 Å². The summed E-state index contributed by atoms with van der Waals surface area (Å²) in [5.41, 5.74) is 0. The minimum atomic E-state index is -1.10. The summed E-state index contributed by atoms with van der Waals surface area (Å²) in [5.74, 6) is -1.10. The van der Waals surface area contributed by atoms with E-state index >= 15 is 0 Å². The van der Waals surface area contributed by atoms with Crippen molar-refractivity contribution in [3.63, 3.8) is 0 Å². The first kappa shape index (κ1) is 9.41. The fourth-order valence-corrected chi connectivity index (χ4v) is 0.505. The third-order valence-electron chi connectivity index (χ3n) is 0.917. The number of aliphatic carboxylic acids is 1. The molecule has 0 rings (SSSR count). The smallest absolute Gasteiger partial charge is 0.307 e. The van der Waals surface area contributed by atoms with E-state index in [1.807, 2.05) is 0 Å². The second-order valence-corrected chi connectivity index (χ2v) is 1.72. The molecule has 0 aromatic heterocycles. The first-order valence-electron chi connectivity index (χ1n) is 2.82. The van der Waals surface area contributed by atoms with E-state index in [9.17, 15) is 14.4 Å². The number of carboxylic acid groups (broad SMARTS) is 1. The Hall–Kier alpha value is -1.59. The van der Waals surface area contributed by atoms with Gasteiger partial charge in [0.05, 0.1) is 6.42 Å². The summed E-state index contributed by atoms with van der Waals surface area (Å²) in [6, 6.07) is 0. The SMILES string of the molecule is O=CNC(CC(=O)O)NC=O. The zero-order valence-electron chi connectivity index (χ0n) is 5.61. The summed E-state index contributed by atoms with van der Waals surface area (Å²) >= 11 is 0. The van der Waals surface area contributed by atoms with Gasteiger partial charge in [-0.2, -0.15) is 0 Å². The largest absolute Gasteiger partial charge is 0.481 e. The van der Waals surface area contributed by atoms with E-state index in [0.717, 1.165) is 0 Å². The summed E-state index contributed by atoms with van der Waals surface area (Å²) in [7, 11) is 0. The molecule has 6 nitrogen and oxygen atoms in total. The maximum Gasteiger partial charge on any atom is 0.307 e. The monoisotopic (exact) mass is 160 g/mol. The zero-order chi connectivity index (χ0) is 8.69. The molecule has 0 unspecified atom stereocenters. The van der Waals surface area contributed by atoms with E-state index in [0.29, 0.717) is 12.8 Å². The van der Waals surface area contributed by atoms with Gasteiger partial charge < -0.3 is 15.7 Å². The molecule has 0 bridgehead atoms. The Kier molecular flexibility index (Phi) is 4.46. The molecule has 0 spiro atoms. The maximum absolute atomic E-state index is 10.0. The Morgan fingerprint density at radius 1 is 1.36 bits per heavy atom. The predicted molar refractivity (Wildman–Crippen MR) is 34.4 cm³/mol. The minimum Gasteiger partial charge on any atom is -0.481 e. The van der Waals surface area contributed by atoms with Crippen LogP contribution in [-0.4, -0.2) is 30.1 Å². The van der Waals surface area contributed by atoms with Crippen LogP contribution in [0.4, 0.5) is 0 Å². The number of rotatable bonds is 6. The Morgan fingerprint density at radius 3 is 2.09 bits per heavy atom. The van der Waals surface area contributed by atoms with Crippen LogP contribution in [0, 0.1) is 0 Å². The Balaban J connectivity index is 3.76. The molecular weight excluding hydrogens is 152 g/mol. The van der Waals surface area contributed by atoms with Gasteiger partial charge in [0, 0.05) is 0 Å². The first-order valence-corrected chi connectivity index (χ1v) is 2.82. The molecular formula is C5H8N2O4. The van der Waals surface area contributed by atoms with Gasteiger partial charge in [-0.25, -0.2) is 0 Å². The summed E-state index contributed by atoms with van der Waals surface area (Å²) in [6.07, 6.45) is -0.520. The van der Waals surface area contributed by atoms with E-state index in [1.54, 1.807) is 0 Å². The van der Waals surface area contributed by atoms with Crippen LogP contribution in [0.5, 0.6) is 0 Å². The maximum atomic E-state index is 10.0. The first-order chi connectivity index (χ1) is 5.20. The molecule has 0 saturated heterocycles. The van der Waals surface area contributed by atoms with Crippen LogP contribution in [0.15, 0.2) is 0 Å². The second kappa shape index (κ2) is 5.21. The topological polar surface area (TPSA) is 95.5 Å². The number of carboxylic acids is 1. The van der Waals surface area contributed by atoms with Crippen molar-refractivity contribution in [2.45, 2.75) is 12.6 Å². The van der Waals surface area contributed by atoms with E-state index in [4.69, 9.17) is 5.11 Å². The fraction of sp³-hybridized carbons (Fsp3) is 0.400. The lowest BCUT2D eigenvalue weighted by molar-refractivity contribution is -0.137. The highest BCUT2D eigenvalue weighted by molar-refractivity contribution is 5.68. The highest BCUT2D eigenvalue weighted by Crippen LogP contribution is 1.84. The normalized spacial score (nSPS) is 8.82. The van der Waals surface area contributed by atoms with Crippen LogP contribution in [-0.2, 0) is 14.4 Å². The lowest BCUT2D eigenvalue weighted by Gasteiger charge is -2.10. The highest BCUT2D eigenvalue weighted by Gasteiger charge is 2.09. The molecule has 6 heteroatoms. The number of carbonyl (C=O) groups excluding carboxylic acids is 2. The molecule has 0 heterocycles. The van der Waals surface area contributed by atoms with Gasteiger partial charge in [-0.1, -0.05) is 0 Å². The molecule has 0 aliphatic carbocycles. The quantitative estimate of drug-likeness (QED) is 0.318. The Morgan fingerprint density at radius 2 is 1.82 bits per heavy atom. The van der Waals surface area contributed by atoms with E-state index in [-0.39, 0.29) is 6.42 Å². The van der Waals surface area contributed by atoms with E-state index in [1.165, 1.54) is 0 Å². The molecule has 3 N–H and O–H groups in total. The summed E-state index contributed by atoms with van der Waals surface area (Å²) in [5, 5.41) is 12.4. The molecule has 0 aromatic rings. The van der Waals surface area contributed by atoms with Gasteiger partial charge in [0.25, 0.3) is 0 Å². The molecule has 62 valence electrons. The highest BCUT2D eigenvalue weighted by atomic mass is 16.4. The molecule has 0 aliphatic rings. The van der Waals surface area contributed by atoms with Gasteiger partial charge in [0.15, 0.2) is 0 Å². The van der Waals surface area contributed by atoms with Crippen LogP contribution < -0.4 is 10.6 Å². The second-order valence-electron chi connectivity index (χ2n) is 1.72. The van der Waals surface area contributed by atoms with Crippen molar-refractivity contribution in [1.82, 2.24) is 10.6 Å². The lowest BCUT2D eigenvalue weighted by atomic mass is 10.3. The zero-order valence-corrected chi connectivity index (χ0v) is 5.61. The molecule has 0 saturated carbocycles. The van der Waals surface area contributed by atoms with Crippen molar-refractivity contribution >= 4 is 18.8 Å². The summed E-state index contributed by atoms with van der Waals surface area (Å²) < 4.78 is 0. The number of carbonyl (C=O) groups is 3. The average Bonchev–Trinajstić information content (AvgIpc) is 1.87. The number of nitrogens with one attached hydrogen (secondary N) is 2. The fourth-order valence-electron chi connectivity index (χ4n) is 0.505. The molecule has 11 heavy (non-hydrogen) atoms.